The third-order valence-corrected chi connectivity index (χ3v) is 4.49. The van der Waals surface area contributed by atoms with Gasteiger partial charge in [-0.05, 0) is 35.9 Å². The van der Waals surface area contributed by atoms with Crippen molar-refractivity contribution in [3.05, 3.63) is 84.3 Å². The van der Waals surface area contributed by atoms with Crippen molar-refractivity contribution >= 4 is 23.2 Å². The van der Waals surface area contributed by atoms with Crippen molar-refractivity contribution in [1.82, 2.24) is 4.98 Å². The Morgan fingerprint density at radius 3 is 2.70 bits per heavy atom. The number of amides is 2. The van der Waals surface area contributed by atoms with Gasteiger partial charge in [0.05, 0.1) is 5.69 Å². The summed E-state index contributed by atoms with van der Waals surface area (Å²) in [6.07, 6.45) is 1.73. The Morgan fingerprint density at radius 1 is 1.04 bits per heavy atom. The van der Waals surface area contributed by atoms with Gasteiger partial charge in [-0.25, -0.2) is 14.2 Å². The molecule has 1 aliphatic heterocycles. The summed E-state index contributed by atoms with van der Waals surface area (Å²) in [4.78, 5) is 21.1. The fourth-order valence-electron chi connectivity index (χ4n) is 3.22. The van der Waals surface area contributed by atoms with Crippen LogP contribution in [0.2, 0.25) is 0 Å². The fraction of sp³-hybridized carbons (Fsp3) is 0.143. The van der Waals surface area contributed by atoms with Gasteiger partial charge in [-0.1, -0.05) is 36.4 Å². The summed E-state index contributed by atoms with van der Waals surface area (Å²) < 4.78 is 13.4. The van der Waals surface area contributed by atoms with E-state index in [9.17, 15) is 9.18 Å². The molecule has 6 heteroatoms. The first-order valence-corrected chi connectivity index (χ1v) is 8.79. The molecule has 3 aromatic rings. The maximum absolute atomic E-state index is 13.4. The van der Waals surface area contributed by atoms with Gasteiger partial charge in [-0.15, -0.1) is 0 Å². The third kappa shape index (κ3) is 3.74. The number of anilines is 3. The lowest BCUT2D eigenvalue weighted by atomic mass is 10.2. The van der Waals surface area contributed by atoms with E-state index >= 15 is 0 Å². The highest BCUT2D eigenvalue weighted by molar-refractivity contribution is 6.04. The molecular weight excluding hydrogens is 343 g/mol. The molecule has 0 unspecified atom stereocenters. The van der Waals surface area contributed by atoms with Crippen LogP contribution in [0.4, 0.5) is 26.4 Å². The van der Waals surface area contributed by atoms with E-state index in [0.29, 0.717) is 18.8 Å². The molecule has 4 rings (SSSR count). The molecule has 0 saturated heterocycles. The maximum Gasteiger partial charge on any atom is 0.326 e. The Hall–Kier alpha value is -3.41. The van der Waals surface area contributed by atoms with Gasteiger partial charge in [0.25, 0.3) is 0 Å². The molecule has 0 saturated carbocycles. The summed E-state index contributed by atoms with van der Waals surface area (Å²) in [5.74, 6) is 0.379. The molecule has 0 fully saturated rings. The minimum atomic E-state index is -0.387. The van der Waals surface area contributed by atoms with Crippen LogP contribution in [0.15, 0.2) is 72.9 Å². The standard InChI is InChI=1S/C21H19FN4O/c22-17-8-4-9-18(14-17)24-21(27)26-13-12-25(15-16-6-2-1-3-7-16)20-19(26)10-5-11-23-20/h1-11,14H,12-13,15H2,(H,24,27). The lowest BCUT2D eigenvalue weighted by molar-refractivity contribution is 0.256. The molecule has 1 N–H and O–H groups in total. The topological polar surface area (TPSA) is 48.5 Å². The normalized spacial score (nSPS) is 13.2. The predicted molar refractivity (Wildman–Crippen MR) is 104 cm³/mol. The van der Waals surface area contributed by atoms with Crippen molar-refractivity contribution in [1.29, 1.82) is 0 Å². The zero-order valence-electron chi connectivity index (χ0n) is 14.7. The van der Waals surface area contributed by atoms with E-state index in [1.165, 1.54) is 17.7 Å². The number of fused-ring (bicyclic) bond motifs is 1. The van der Waals surface area contributed by atoms with Gasteiger partial charge in [-0.3, -0.25) is 4.90 Å². The van der Waals surface area contributed by atoms with Crippen LogP contribution >= 0.6 is 0 Å². The lowest BCUT2D eigenvalue weighted by Gasteiger charge is -2.36. The number of aromatic nitrogens is 1. The summed E-state index contributed by atoms with van der Waals surface area (Å²) in [5, 5.41) is 2.76. The molecule has 27 heavy (non-hydrogen) atoms. The molecule has 0 bridgehead atoms. The number of hydrogen-bond donors (Lipinski definition) is 1. The smallest absolute Gasteiger partial charge is 0.326 e. The van der Waals surface area contributed by atoms with Crippen LogP contribution in [0.5, 0.6) is 0 Å². The maximum atomic E-state index is 13.4. The molecule has 0 radical (unpaired) electrons. The van der Waals surface area contributed by atoms with Crippen LogP contribution in [-0.4, -0.2) is 24.1 Å². The summed E-state index contributed by atoms with van der Waals surface area (Å²) in [7, 11) is 0. The van der Waals surface area contributed by atoms with Crippen molar-refractivity contribution in [3.8, 4) is 0 Å². The zero-order chi connectivity index (χ0) is 18.6. The number of hydrogen-bond acceptors (Lipinski definition) is 3. The average Bonchev–Trinajstić information content (AvgIpc) is 2.69. The first kappa shape index (κ1) is 17.0. The van der Waals surface area contributed by atoms with Gasteiger partial charge in [-0.2, -0.15) is 0 Å². The molecule has 1 aliphatic rings. The molecule has 1 aromatic heterocycles. The number of carbonyl (C=O) groups is 1. The van der Waals surface area contributed by atoms with Crippen LogP contribution in [-0.2, 0) is 6.54 Å². The summed E-state index contributed by atoms with van der Waals surface area (Å²) >= 11 is 0. The molecule has 2 heterocycles. The van der Waals surface area contributed by atoms with E-state index in [1.807, 2.05) is 30.3 Å². The van der Waals surface area contributed by atoms with E-state index in [2.05, 4.69) is 27.3 Å². The molecule has 0 aliphatic carbocycles. The minimum Gasteiger partial charge on any atom is -0.349 e. The fourth-order valence-corrected chi connectivity index (χ4v) is 3.22. The van der Waals surface area contributed by atoms with E-state index in [1.54, 1.807) is 23.2 Å². The third-order valence-electron chi connectivity index (χ3n) is 4.49. The molecule has 2 amide bonds. The van der Waals surface area contributed by atoms with E-state index in [-0.39, 0.29) is 11.8 Å². The highest BCUT2D eigenvalue weighted by Crippen LogP contribution is 2.32. The Labute approximate surface area is 157 Å². The monoisotopic (exact) mass is 362 g/mol. The highest BCUT2D eigenvalue weighted by atomic mass is 19.1. The van der Waals surface area contributed by atoms with Gasteiger partial charge in [0.15, 0.2) is 5.82 Å². The number of halogens is 1. The van der Waals surface area contributed by atoms with Crippen molar-refractivity contribution < 1.29 is 9.18 Å². The summed E-state index contributed by atoms with van der Waals surface area (Å²) in [5.41, 5.74) is 2.36. The van der Waals surface area contributed by atoms with Gasteiger partial charge in [0.2, 0.25) is 0 Å². The van der Waals surface area contributed by atoms with Gasteiger partial charge < -0.3 is 10.2 Å². The number of nitrogens with one attached hydrogen (secondary N) is 1. The van der Waals surface area contributed by atoms with Crippen LogP contribution in [0.25, 0.3) is 0 Å². The molecular formula is C21H19FN4O. The number of benzene rings is 2. The first-order chi connectivity index (χ1) is 13.2. The molecule has 5 nitrogen and oxygen atoms in total. The number of nitrogens with zero attached hydrogens (tertiary/aromatic N) is 3. The molecule has 0 spiro atoms. The Kier molecular flexibility index (Phi) is 4.70. The van der Waals surface area contributed by atoms with Gasteiger partial charge in [0, 0.05) is 31.5 Å². The molecule has 2 aromatic carbocycles. The highest BCUT2D eigenvalue weighted by Gasteiger charge is 2.27. The van der Waals surface area contributed by atoms with Crippen molar-refractivity contribution in [2.75, 3.05) is 28.2 Å². The Balaban J connectivity index is 1.56. The minimum absolute atomic E-state index is 0.297. The first-order valence-electron chi connectivity index (χ1n) is 8.79. The number of carbonyl (C=O) groups excluding carboxylic acids is 1. The van der Waals surface area contributed by atoms with Crippen LogP contribution in [0, 0.1) is 5.82 Å². The van der Waals surface area contributed by atoms with Crippen molar-refractivity contribution in [2.24, 2.45) is 0 Å². The van der Waals surface area contributed by atoms with Crippen LogP contribution in [0.3, 0.4) is 0 Å². The van der Waals surface area contributed by atoms with E-state index in [4.69, 9.17) is 0 Å². The predicted octanol–water partition coefficient (Wildman–Crippen LogP) is 4.28. The van der Waals surface area contributed by atoms with Crippen LogP contribution in [0.1, 0.15) is 5.56 Å². The number of urea groups is 1. The van der Waals surface area contributed by atoms with Crippen molar-refractivity contribution in [3.63, 3.8) is 0 Å². The van der Waals surface area contributed by atoms with Gasteiger partial charge >= 0.3 is 6.03 Å². The van der Waals surface area contributed by atoms with Crippen LogP contribution < -0.4 is 15.1 Å². The summed E-state index contributed by atoms with van der Waals surface area (Å²) in [6.45, 7) is 1.91. The number of pyridine rings is 1. The Bertz CT molecular complexity index is 948. The number of rotatable bonds is 3. The lowest BCUT2D eigenvalue weighted by Crippen LogP contribution is -2.46. The molecule has 136 valence electrons. The van der Waals surface area contributed by atoms with E-state index < -0.39 is 0 Å². The SMILES string of the molecule is O=C(Nc1cccc(F)c1)N1CCN(Cc2ccccc2)c2ncccc21. The zero-order valence-corrected chi connectivity index (χ0v) is 14.7. The quantitative estimate of drug-likeness (QED) is 0.757. The largest absolute Gasteiger partial charge is 0.349 e. The molecule has 0 atom stereocenters. The van der Waals surface area contributed by atoms with Gasteiger partial charge in [0.1, 0.15) is 5.82 Å². The van der Waals surface area contributed by atoms with E-state index in [0.717, 1.165) is 18.1 Å². The van der Waals surface area contributed by atoms with Crippen molar-refractivity contribution in [2.45, 2.75) is 6.54 Å². The summed E-state index contributed by atoms with van der Waals surface area (Å²) in [6, 6.07) is 19.4. The average molecular weight is 362 g/mol. The second kappa shape index (κ2) is 7.45. The Morgan fingerprint density at radius 2 is 1.89 bits per heavy atom. The second-order valence-corrected chi connectivity index (χ2v) is 6.35. The second-order valence-electron chi connectivity index (χ2n) is 6.35.